The second kappa shape index (κ2) is 3.73. The first-order chi connectivity index (χ1) is 8.25. The first-order valence-corrected chi connectivity index (χ1v) is 5.55. The standard InChI is InChI=1S/C13H12N3O/c1-8-7-14-12-10(8)13(17)16-11(15-12)9-5-3-2-4-6-9/h2-8H,1H3,(H2,14,15,16,17). The van der Waals surface area contributed by atoms with Gasteiger partial charge in [-0.1, -0.05) is 37.3 Å². The van der Waals surface area contributed by atoms with Crippen molar-refractivity contribution in [2.75, 3.05) is 5.32 Å². The van der Waals surface area contributed by atoms with E-state index in [1.807, 2.05) is 43.8 Å². The van der Waals surface area contributed by atoms with Crippen LogP contribution < -0.4 is 10.9 Å². The van der Waals surface area contributed by atoms with Crippen LogP contribution in [0.2, 0.25) is 0 Å². The Morgan fingerprint density at radius 1 is 1.24 bits per heavy atom. The van der Waals surface area contributed by atoms with Crippen molar-refractivity contribution in [3.8, 4) is 11.4 Å². The highest BCUT2D eigenvalue weighted by Crippen LogP contribution is 2.29. The quantitative estimate of drug-likeness (QED) is 0.783. The smallest absolute Gasteiger partial charge is 0.256 e. The number of nitrogens with one attached hydrogen (secondary N) is 2. The summed E-state index contributed by atoms with van der Waals surface area (Å²) in [5.41, 5.74) is 1.56. The molecule has 85 valence electrons. The van der Waals surface area contributed by atoms with E-state index >= 15 is 0 Å². The minimum absolute atomic E-state index is 0.0670. The highest BCUT2D eigenvalue weighted by atomic mass is 16.1. The van der Waals surface area contributed by atoms with Gasteiger partial charge >= 0.3 is 0 Å². The predicted octanol–water partition coefficient (Wildman–Crippen LogP) is 2.13. The summed E-state index contributed by atoms with van der Waals surface area (Å²) in [5.74, 6) is 1.37. The van der Waals surface area contributed by atoms with E-state index in [9.17, 15) is 4.79 Å². The molecule has 1 aromatic heterocycles. The number of anilines is 1. The molecule has 1 unspecified atom stereocenters. The summed E-state index contributed by atoms with van der Waals surface area (Å²) in [6, 6.07) is 9.62. The number of rotatable bonds is 1. The average molecular weight is 226 g/mol. The number of H-pyrrole nitrogens is 1. The molecule has 2 heterocycles. The molecule has 0 saturated heterocycles. The van der Waals surface area contributed by atoms with Gasteiger partial charge in [-0.15, -0.1) is 0 Å². The van der Waals surface area contributed by atoms with Crippen molar-refractivity contribution in [2.24, 2.45) is 0 Å². The molecule has 4 nitrogen and oxygen atoms in total. The fraction of sp³-hybridized carbons (Fsp3) is 0.154. The van der Waals surface area contributed by atoms with Crippen molar-refractivity contribution in [2.45, 2.75) is 12.8 Å². The van der Waals surface area contributed by atoms with Gasteiger partial charge in [0.2, 0.25) is 0 Å². The Labute approximate surface area is 98.7 Å². The maximum absolute atomic E-state index is 12.0. The normalized spacial score (nSPS) is 17.6. The van der Waals surface area contributed by atoms with Gasteiger partial charge in [0, 0.05) is 11.5 Å². The fourth-order valence-electron chi connectivity index (χ4n) is 2.03. The molecule has 17 heavy (non-hydrogen) atoms. The Morgan fingerprint density at radius 2 is 2.00 bits per heavy atom. The zero-order valence-electron chi connectivity index (χ0n) is 9.40. The summed E-state index contributed by atoms with van der Waals surface area (Å²) < 4.78 is 0. The predicted molar refractivity (Wildman–Crippen MR) is 66.6 cm³/mol. The molecule has 0 spiro atoms. The molecule has 2 aromatic rings. The molecule has 0 amide bonds. The van der Waals surface area contributed by atoms with Crippen LogP contribution >= 0.6 is 0 Å². The monoisotopic (exact) mass is 226 g/mol. The van der Waals surface area contributed by atoms with Crippen LogP contribution in [0.5, 0.6) is 0 Å². The molecule has 2 N–H and O–H groups in total. The van der Waals surface area contributed by atoms with Gasteiger partial charge in [0.15, 0.2) is 0 Å². The van der Waals surface area contributed by atoms with E-state index in [0.29, 0.717) is 17.2 Å². The van der Waals surface area contributed by atoms with Crippen LogP contribution in [0.15, 0.2) is 35.1 Å². The van der Waals surface area contributed by atoms with Crippen LogP contribution in [0.1, 0.15) is 18.4 Å². The van der Waals surface area contributed by atoms with Crippen LogP contribution in [0.25, 0.3) is 11.4 Å². The molecule has 1 aliphatic rings. The van der Waals surface area contributed by atoms with Gasteiger partial charge in [0.05, 0.1) is 12.1 Å². The summed E-state index contributed by atoms with van der Waals surface area (Å²) in [5, 5.41) is 3.04. The first kappa shape index (κ1) is 10.1. The third-order valence-corrected chi connectivity index (χ3v) is 2.93. The van der Waals surface area contributed by atoms with Crippen LogP contribution in [0.4, 0.5) is 5.82 Å². The summed E-state index contributed by atoms with van der Waals surface area (Å²) in [6.07, 6.45) is 0. The number of aromatic amines is 1. The highest BCUT2D eigenvalue weighted by Gasteiger charge is 2.24. The zero-order chi connectivity index (χ0) is 11.8. The van der Waals surface area contributed by atoms with Crippen LogP contribution in [-0.4, -0.2) is 9.97 Å². The van der Waals surface area contributed by atoms with E-state index < -0.39 is 0 Å². The Hall–Kier alpha value is -2.10. The second-order valence-electron chi connectivity index (χ2n) is 4.14. The van der Waals surface area contributed by atoms with Gasteiger partial charge in [0.25, 0.3) is 5.56 Å². The van der Waals surface area contributed by atoms with Crippen molar-refractivity contribution >= 4 is 5.82 Å². The minimum atomic E-state index is -0.0670. The van der Waals surface area contributed by atoms with E-state index in [-0.39, 0.29) is 11.5 Å². The zero-order valence-corrected chi connectivity index (χ0v) is 9.40. The number of hydrogen-bond donors (Lipinski definition) is 2. The average Bonchev–Trinajstić information content (AvgIpc) is 2.73. The van der Waals surface area contributed by atoms with Gasteiger partial charge < -0.3 is 10.3 Å². The van der Waals surface area contributed by atoms with E-state index in [4.69, 9.17) is 0 Å². The van der Waals surface area contributed by atoms with Crippen molar-refractivity contribution in [1.29, 1.82) is 0 Å². The molecule has 1 aromatic carbocycles. The third kappa shape index (κ3) is 1.62. The molecular weight excluding hydrogens is 214 g/mol. The molecular formula is C13H12N3O. The van der Waals surface area contributed by atoms with Gasteiger partial charge in [-0.05, 0) is 0 Å². The lowest BCUT2D eigenvalue weighted by molar-refractivity contribution is 0.912. The maximum atomic E-state index is 12.0. The topological polar surface area (TPSA) is 57.8 Å². The van der Waals surface area contributed by atoms with Crippen molar-refractivity contribution in [3.63, 3.8) is 0 Å². The number of nitrogens with zero attached hydrogens (tertiary/aromatic N) is 1. The van der Waals surface area contributed by atoms with E-state index in [2.05, 4.69) is 15.3 Å². The Bertz CT molecular complexity index is 604. The van der Waals surface area contributed by atoms with E-state index in [1.165, 1.54) is 0 Å². The molecule has 3 rings (SSSR count). The van der Waals surface area contributed by atoms with Gasteiger partial charge in [-0.2, -0.15) is 0 Å². The molecule has 1 aliphatic heterocycles. The highest BCUT2D eigenvalue weighted by molar-refractivity contribution is 5.61. The second-order valence-corrected chi connectivity index (χ2v) is 4.14. The van der Waals surface area contributed by atoms with Crippen molar-refractivity contribution in [1.82, 2.24) is 9.97 Å². The lowest BCUT2D eigenvalue weighted by atomic mass is 10.1. The lowest BCUT2D eigenvalue weighted by Crippen LogP contribution is -2.14. The summed E-state index contributed by atoms with van der Waals surface area (Å²) >= 11 is 0. The SMILES string of the molecule is CC1[CH]Nc2nc(-c3ccccc3)[nH]c(=O)c21. The number of hydrogen-bond acceptors (Lipinski definition) is 3. The summed E-state index contributed by atoms with van der Waals surface area (Å²) in [7, 11) is 0. The number of aromatic nitrogens is 2. The Kier molecular flexibility index (Phi) is 2.21. The van der Waals surface area contributed by atoms with Gasteiger partial charge in [-0.3, -0.25) is 4.79 Å². The molecule has 0 aliphatic carbocycles. The Balaban J connectivity index is 2.17. The Morgan fingerprint density at radius 3 is 2.76 bits per heavy atom. The largest absolute Gasteiger partial charge is 0.364 e. The summed E-state index contributed by atoms with van der Waals surface area (Å²) in [4.78, 5) is 19.2. The molecule has 4 heteroatoms. The molecule has 0 saturated carbocycles. The molecule has 0 fully saturated rings. The summed E-state index contributed by atoms with van der Waals surface area (Å²) in [6.45, 7) is 3.85. The van der Waals surface area contributed by atoms with Crippen molar-refractivity contribution in [3.05, 3.63) is 52.8 Å². The number of fused-ring (bicyclic) bond motifs is 1. The van der Waals surface area contributed by atoms with Crippen LogP contribution in [0.3, 0.4) is 0 Å². The minimum Gasteiger partial charge on any atom is -0.364 e. The molecule has 1 atom stereocenters. The van der Waals surface area contributed by atoms with Gasteiger partial charge in [-0.25, -0.2) is 4.98 Å². The number of benzene rings is 1. The van der Waals surface area contributed by atoms with Crippen LogP contribution in [0, 0.1) is 6.54 Å². The maximum Gasteiger partial charge on any atom is 0.256 e. The molecule has 0 bridgehead atoms. The molecule has 1 radical (unpaired) electrons. The fourth-order valence-corrected chi connectivity index (χ4v) is 2.03. The first-order valence-electron chi connectivity index (χ1n) is 5.55. The van der Waals surface area contributed by atoms with Crippen molar-refractivity contribution < 1.29 is 0 Å². The third-order valence-electron chi connectivity index (χ3n) is 2.93. The van der Waals surface area contributed by atoms with E-state index in [1.54, 1.807) is 0 Å². The van der Waals surface area contributed by atoms with Crippen LogP contribution in [-0.2, 0) is 0 Å². The van der Waals surface area contributed by atoms with Gasteiger partial charge in [0.1, 0.15) is 11.6 Å². The lowest BCUT2D eigenvalue weighted by Gasteiger charge is -2.04. The van der Waals surface area contributed by atoms with E-state index in [0.717, 1.165) is 5.56 Å².